The number of hydrogen-bond acceptors (Lipinski definition) is 7. The standard InChI is InChI=1S/C37H51BrN6O4Si2/c1-49(2,3)18-16-47-24-42(25-48-17-19-50(4,5)6)36-33(38)34(28-20-29-13-14-30(21-28)43(29)37(45)46)41-35-31(23-40-44(35)36)27-12-15-32(39-22-27)26-10-8-7-9-11-26/h7-12,15,22-23,28-30H,13-14,16-21,24-25H2,1-6H3,(H,45,46). The van der Waals surface area contributed by atoms with Crippen LogP contribution in [0.4, 0.5) is 10.6 Å². The predicted molar refractivity (Wildman–Crippen MR) is 208 cm³/mol. The summed E-state index contributed by atoms with van der Waals surface area (Å²) in [6, 6.07) is 16.4. The summed E-state index contributed by atoms with van der Waals surface area (Å²) in [5.74, 6) is 0.921. The first kappa shape index (κ1) is 36.7. The van der Waals surface area contributed by atoms with Gasteiger partial charge in [-0.05, 0) is 59.8 Å². The van der Waals surface area contributed by atoms with Gasteiger partial charge in [0.25, 0.3) is 0 Å². The molecule has 1 N–H and O–H groups in total. The Morgan fingerprint density at radius 3 is 2.06 bits per heavy atom. The number of amides is 1. The molecule has 0 radical (unpaired) electrons. The van der Waals surface area contributed by atoms with Gasteiger partial charge in [0.2, 0.25) is 0 Å². The Kier molecular flexibility index (Phi) is 11.2. The molecule has 1 amide bonds. The van der Waals surface area contributed by atoms with Gasteiger partial charge in [-0.15, -0.1) is 0 Å². The van der Waals surface area contributed by atoms with Crippen molar-refractivity contribution in [1.82, 2.24) is 24.5 Å². The molecule has 4 aromatic rings. The molecule has 10 nitrogen and oxygen atoms in total. The summed E-state index contributed by atoms with van der Waals surface area (Å²) in [5.41, 5.74) is 5.44. The van der Waals surface area contributed by atoms with Crippen LogP contribution in [0.3, 0.4) is 0 Å². The molecule has 2 fully saturated rings. The van der Waals surface area contributed by atoms with Crippen molar-refractivity contribution in [2.75, 3.05) is 31.6 Å². The van der Waals surface area contributed by atoms with E-state index in [-0.39, 0.29) is 18.0 Å². The molecule has 0 spiro atoms. The minimum atomic E-state index is -1.29. The second-order valence-corrected chi connectivity index (χ2v) is 28.2. The monoisotopic (exact) mass is 778 g/mol. The molecule has 2 unspecified atom stereocenters. The van der Waals surface area contributed by atoms with E-state index in [4.69, 9.17) is 24.5 Å². The van der Waals surface area contributed by atoms with Crippen molar-refractivity contribution in [3.05, 3.63) is 65.0 Å². The van der Waals surface area contributed by atoms with Crippen LogP contribution in [0, 0.1) is 0 Å². The van der Waals surface area contributed by atoms with E-state index in [1.54, 1.807) is 4.90 Å². The number of piperidine rings is 1. The second kappa shape index (κ2) is 15.2. The van der Waals surface area contributed by atoms with Gasteiger partial charge in [-0.3, -0.25) is 4.98 Å². The molecule has 2 aliphatic heterocycles. The van der Waals surface area contributed by atoms with Gasteiger partial charge in [-0.1, -0.05) is 75.7 Å². The molecule has 0 saturated carbocycles. The van der Waals surface area contributed by atoms with Gasteiger partial charge in [0.1, 0.15) is 13.5 Å². The van der Waals surface area contributed by atoms with Crippen LogP contribution in [0.5, 0.6) is 0 Å². The van der Waals surface area contributed by atoms with Crippen LogP contribution in [-0.2, 0) is 9.47 Å². The first-order valence-electron chi connectivity index (χ1n) is 17.8. The summed E-state index contributed by atoms with van der Waals surface area (Å²) in [6.45, 7) is 16.2. The maximum atomic E-state index is 12.2. The van der Waals surface area contributed by atoms with Crippen LogP contribution in [-0.4, -0.2) is 90.6 Å². The fourth-order valence-electron chi connectivity index (χ4n) is 7.03. The smallest absolute Gasteiger partial charge is 0.407 e. The van der Waals surface area contributed by atoms with Crippen LogP contribution >= 0.6 is 15.9 Å². The van der Waals surface area contributed by atoms with Gasteiger partial charge >= 0.3 is 6.09 Å². The lowest BCUT2D eigenvalue weighted by molar-refractivity contribution is 0.0932. The van der Waals surface area contributed by atoms with Crippen LogP contribution in [0.25, 0.3) is 28.0 Å². The molecule has 268 valence electrons. The highest BCUT2D eigenvalue weighted by Gasteiger charge is 2.45. The summed E-state index contributed by atoms with van der Waals surface area (Å²) in [6.07, 6.45) is 6.19. The van der Waals surface area contributed by atoms with Gasteiger partial charge in [-0.2, -0.15) is 9.61 Å². The summed E-state index contributed by atoms with van der Waals surface area (Å²) < 4.78 is 15.5. The first-order chi connectivity index (χ1) is 23.8. The third-order valence-electron chi connectivity index (χ3n) is 9.86. The number of fused-ring (bicyclic) bond motifs is 3. The predicted octanol–water partition coefficient (Wildman–Crippen LogP) is 9.04. The number of carbonyl (C=O) groups is 1. The van der Waals surface area contributed by atoms with E-state index >= 15 is 0 Å². The molecule has 1 aromatic carbocycles. The Hall–Kier alpha value is -3.11. The zero-order chi connectivity index (χ0) is 35.6. The normalized spacial score (nSPS) is 19.3. The molecule has 5 heterocycles. The lowest BCUT2D eigenvalue weighted by atomic mass is 9.88. The minimum Gasteiger partial charge on any atom is -0.465 e. The number of hydrogen-bond donors (Lipinski definition) is 1. The second-order valence-electron chi connectivity index (χ2n) is 16.2. The van der Waals surface area contributed by atoms with E-state index in [2.05, 4.69) is 78.3 Å². The molecule has 6 rings (SSSR count). The molecule has 0 aliphatic carbocycles. The van der Waals surface area contributed by atoms with Crippen molar-refractivity contribution in [3.8, 4) is 22.4 Å². The fourth-order valence-corrected chi connectivity index (χ4v) is 9.38. The Morgan fingerprint density at radius 2 is 1.52 bits per heavy atom. The summed E-state index contributed by atoms with van der Waals surface area (Å²) >= 11 is 4.02. The lowest BCUT2D eigenvalue weighted by Gasteiger charge is -2.37. The van der Waals surface area contributed by atoms with E-state index in [1.165, 1.54) is 0 Å². The summed E-state index contributed by atoms with van der Waals surface area (Å²) in [4.78, 5) is 26.1. The zero-order valence-corrected chi connectivity index (χ0v) is 33.8. The van der Waals surface area contributed by atoms with Crippen LogP contribution in [0.1, 0.15) is 37.3 Å². The van der Waals surface area contributed by atoms with Gasteiger partial charge in [0.15, 0.2) is 11.5 Å². The quantitative estimate of drug-likeness (QED) is 0.0769. The molecule has 50 heavy (non-hydrogen) atoms. The van der Waals surface area contributed by atoms with Gasteiger partial charge in [0, 0.05) is 70.3 Å². The van der Waals surface area contributed by atoms with E-state index in [0.29, 0.717) is 26.7 Å². The largest absolute Gasteiger partial charge is 0.465 e. The average molecular weight is 780 g/mol. The van der Waals surface area contributed by atoms with E-state index < -0.39 is 22.2 Å². The SMILES string of the molecule is C[Si](C)(C)CCOCN(COCC[Si](C)(C)C)c1c(Br)c(C2CC3CCC(C2)N3C(=O)O)nc2c(-c3ccc(-c4ccccc4)nc3)cnn12. The van der Waals surface area contributed by atoms with E-state index in [1.807, 2.05) is 41.2 Å². The third-order valence-corrected chi connectivity index (χ3v) is 14.0. The van der Waals surface area contributed by atoms with E-state index in [0.717, 1.165) is 81.8 Å². The molecule has 2 bridgehead atoms. The van der Waals surface area contributed by atoms with Crippen molar-refractivity contribution in [3.63, 3.8) is 0 Å². The number of aromatic nitrogens is 4. The van der Waals surface area contributed by atoms with Crippen LogP contribution in [0.15, 0.2) is 59.3 Å². The number of carboxylic acid groups (broad SMARTS) is 1. The Balaban J connectivity index is 1.41. The highest BCUT2D eigenvalue weighted by Crippen LogP contribution is 2.46. The Morgan fingerprint density at radius 1 is 0.900 bits per heavy atom. The summed E-state index contributed by atoms with van der Waals surface area (Å²) in [5, 5.41) is 14.9. The topological polar surface area (TPSA) is 105 Å². The van der Waals surface area contributed by atoms with Crippen molar-refractivity contribution < 1.29 is 19.4 Å². The van der Waals surface area contributed by atoms with Gasteiger partial charge < -0.3 is 24.4 Å². The number of pyridine rings is 1. The van der Waals surface area contributed by atoms with Crippen molar-refractivity contribution in [2.45, 2.75) is 95.1 Å². The number of benzene rings is 1. The van der Waals surface area contributed by atoms with Crippen LogP contribution in [0.2, 0.25) is 51.4 Å². The average Bonchev–Trinajstić information content (AvgIpc) is 3.61. The molecule has 2 atom stereocenters. The highest BCUT2D eigenvalue weighted by molar-refractivity contribution is 9.10. The number of ether oxygens (including phenoxy) is 2. The molecular weight excluding hydrogens is 729 g/mol. The van der Waals surface area contributed by atoms with Crippen molar-refractivity contribution >= 4 is 49.6 Å². The maximum Gasteiger partial charge on any atom is 0.407 e. The number of anilines is 1. The van der Waals surface area contributed by atoms with E-state index in [9.17, 15) is 9.90 Å². The molecular formula is C37H51BrN6O4Si2. The molecule has 3 aromatic heterocycles. The number of halogens is 1. The first-order valence-corrected chi connectivity index (χ1v) is 26.0. The highest BCUT2D eigenvalue weighted by atomic mass is 79.9. The Bertz CT molecular complexity index is 1740. The van der Waals surface area contributed by atoms with Gasteiger partial charge in [-0.25, -0.2) is 9.78 Å². The molecule has 2 aliphatic rings. The van der Waals surface area contributed by atoms with Gasteiger partial charge in [0.05, 0.1) is 22.1 Å². The fraction of sp³-hybridized carbons (Fsp3) is 0.514. The van der Waals surface area contributed by atoms with Crippen LogP contribution < -0.4 is 4.90 Å². The number of rotatable bonds is 14. The lowest BCUT2D eigenvalue weighted by Crippen LogP contribution is -2.45. The summed E-state index contributed by atoms with van der Waals surface area (Å²) in [7, 11) is -2.57. The molecule has 13 heteroatoms. The number of nitrogens with zero attached hydrogens (tertiary/aromatic N) is 6. The third kappa shape index (κ3) is 8.50. The zero-order valence-electron chi connectivity index (χ0n) is 30.2. The van der Waals surface area contributed by atoms with Crippen molar-refractivity contribution in [2.24, 2.45) is 0 Å². The Labute approximate surface area is 306 Å². The maximum absolute atomic E-state index is 12.2. The minimum absolute atomic E-state index is 0.00496. The molecule has 2 saturated heterocycles. The van der Waals surface area contributed by atoms with Crippen molar-refractivity contribution in [1.29, 1.82) is 0 Å².